The zero-order valence-electron chi connectivity index (χ0n) is 17.7. The van der Waals surface area contributed by atoms with E-state index in [1.807, 2.05) is 13.0 Å². The van der Waals surface area contributed by atoms with E-state index in [0.717, 1.165) is 48.2 Å². The lowest BCUT2D eigenvalue weighted by molar-refractivity contribution is 0.419. The molecule has 0 atom stereocenters. The number of unbranched alkanes of at least 4 members (excludes halogenated alkanes) is 1. The number of aromatic amines is 1. The van der Waals surface area contributed by atoms with E-state index >= 15 is 0 Å². The molecular formula is C25H29N3O. The van der Waals surface area contributed by atoms with Crippen LogP contribution in [0, 0.1) is 20.8 Å². The SMILES string of the molecule is COc1ccc(-c2[nH]c3c(C)ccc(C)c3c2CCCCN)c2ccc(C)nc12. The lowest BCUT2D eigenvalue weighted by Crippen LogP contribution is -2.00. The highest BCUT2D eigenvalue weighted by atomic mass is 16.5. The molecule has 2 aromatic carbocycles. The highest BCUT2D eigenvalue weighted by molar-refractivity contribution is 6.02. The first-order valence-corrected chi connectivity index (χ1v) is 10.3. The summed E-state index contributed by atoms with van der Waals surface area (Å²) in [5.41, 5.74) is 15.2. The number of nitrogens with zero attached hydrogens (tertiary/aromatic N) is 1. The van der Waals surface area contributed by atoms with Gasteiger partial charge in [0.1, 0.15) is 11.3 Å². The number of hydrogen-bond acceptors (Lipinski definition) is 3. The number of rotatable bonds is 6. The highest BCUT2D eigenvalue weighted by Gasteiger charge is 2.19. The van der Waals surface area contributed by atoms with Gasteiger partial charge in [0.2, 0.25) is 0 Å². The zero-order valence-corrected chi connectivity index (χ0v) is 17.7. The number of pyridine rings is 1. The van der Waals surface area contributed by atoms with Crippen LogP contribution in [0.5, 0.6) is 5.75 Å². The van der Waals surface area contributed by atoms with Crippen molar-refractivity contribution in [3.63, 3.8) is 0 Å². The first-order chi connectivity index (χ1) is 14.0. The van der Waals surface area contributed by atoms with Crippen molar-refractivity contribution in [3.8, 4) is 17.0 Å². The summed E-state index contributed by atoms with van der Waals surface area (Å²) in [5.74, 6) is 0.806. The maximum absolute atomic E-state index is 5.77. The first kappa shape index (κ1) is 19.5. The summed E-state index contributed by atoms with van der Waals surface area (Å²) in [6.07, 6.45) is 3.11. The molecule has 0 bridgehead atoms. The van der Waals surface area contributed by atoms with Crippen molar-refractivity contribution in [3.05, 3.63) is 58.8 Å². The average molecular weight is 388 g/mol. The van der Waals surface area contributed by atoms with Crippen LogP contribution in [0.25, 0.3) is 33.1 Å². The van der Waals surface area contributed by atoms with E-state index in [0.29, 0.717) is 0 Å². The molecule has 0 fully saturated rings. The third-order valence-electron chi connectivity index (χ3n) is 5.81. The molecule has 4 nitrogen and oxygen atoms in total. The Balaban J connectivity index is 2.02. The summed E-state index contributed by atoms with van der Waals surface area (Å²) < 4.78 is 5.59. The van der Waals surface area contributed by atoms with Crippen LogP contribution in [-0.4, -0.2) is 23.6 Å². The second-order valence-corrected chi connectivity index (χ2v) is 7.84. The van der Waals surface area contributed by atoms with E-state index in [1.165, 1.54) is 38.9 Å². The van der Waals surface area contributed by atoms with Crippen LogP contribution in [-0.2, 0) is 6.42 Å². The summed E-state index contributed by atoms with van der Waals surface area (Å²) in [4.78, 5) is 8.53. The number of fused-ring (bicyclic) bond motifs is 2. The van der Waals surface area contributed by atoms with Gasteiger partial charge in [-0.3, -0.25) is 0 Å². The second-order valence-electron chi connectivity index (χ2n) is 7.84. The molecule has 4 heteroatoms. The van der Waals surface area contributed by atoms with Gasteiger partial charge in [0, 0.05) is 27.5 Å². The van der Waals surface area contributed by atoms with Crippen LogP contribution < -0.4 is 10.5 Å². The van der Waals surface area contributed by atoms with Crippen LogP contribution in [0.1, 0.15) is 35.2 Å². The quantitative estimate of drug-likeness (QED) is 0.423. The summed E-state index contributed by atoms with van der Waals surface area (Å²) in [7, 11) is 1.70. The lowest BCUT2D eigenvalue weighted by Gasteiger charge is -2.12. The van der Waals surface area contributed by atoms with Gasteiger partial charge in [-0.2, -0.15) is 0 Å². The number of ether oxygens (including phenoxy) is 1. The monoisotopic (exact) mass is 387 g/mol. The van der Waals surface area contributed by atoms with E-state index in [2.05, 4.69) is 49.2 Å². The van der Waals surface area contributed by atoms with Crippen molar-refractivity contribution < 1.29 is 4.74 Å². The van der Waals surface area contributed by atoms with Crippen molar-refractivity contribution >= 4 is 21.8 Å². The van der Waals surface area contributed by atoms with Crippen LogP contribution in [0.4, 0.5) is 0 Å². The molecule has 0 spiro atoms. The van der Waals surface area contributed by atoms with Gasteiger partial charge in [-0.1, -0.05) is 18.2 Å². The normalized spacial score (nSPS) is 11.5. The largest absolute Gasteiger partial charge is 0.494 e. The van der Waals surface area contributed by atoms with E-state index in [9.17, 15) is 0 Å². The summed E-state index contributed by atoms with van der Waals surface area (Å²) in [6, 6.07) is 12.8. The fraction of sp³-hybridized carbons (Fsp3) is 0.320. The minimum absolute atomic E-state index is 0.727. The summed E-state index contributed by atoms with van der Waals surface area (Å²) in [5, 5.41) is 2.46. The molecule has 0 aliphatic carbocycles. The van der Waals surface area contributed by atoms with Gasteiger partial charge < -0.3 is 15.5 Å². The van der Waals surface area contributed by atoms with E-state index in [4.69, 9.17) is 15.5 Å². The number of benzene rings is 2. The number of H-pyrrole nitrogens is 1. The predicted octanol–water partition coefficient (Wildman–Crippen LogP) is 5.60. The second kappa shape index (κ2) is 7.88. The molecule has 0 aliphatic rings. The molecule has 4 rings (SSSR count). The molecule has 2 heterocycles. The fourth-order valence-electron chi connectivity index (χ4n) is 4.28. The molecule has 4 aromatic rings. The molecule has 0 saturated carbocycles. The van der Waals surface area contributed by atoms with Crippen molar-refractivity contribution in [2.24, 2.45) is 5.73 Å². The fourth-order valence-corrected chi connectivity index (χ4v) is 4.28. The summed E-state index contributed by atoms with van der Waals surface area (Å²) >= 11 is 0. The topological polar surface area (TPSA) is 63.9 Å². The van der Waals surface area contributed by atoms with Gasteiger partial charge in [-0.05, 0) is 81.5 Å². The average Bonchev–Trinajstić information content (AvgIpc) is 3.10. The Morgan fingerprint density at radius 3 is 2.52 bits per heavy atom. The molecular weight excluding hydrogens is 358 g/mol. The van der Waals surface area contributed by atoms with E-state index in [-0.39, 0.29) is 0 Å². The van der Waals surface area contributed by atoms with Gasteiger partial charge in [-0.25, -0.2) is 4.98 Å². The molecule has 150 valence electrons. The van der Waals surface area contributed by atoms with E-state index in [1.54, 1.807) is 7.11 Å². The van der Waals surface area contributed by atoms with Crippen LogP contribution in [0.15, 0.2) is 36.4 Å². The number of aryl methyl sites for hydroxylation is 4. The van der Waals surface area contributed by atoms with Gasteiger partial charge >= 0.3 is 0 Å². The third kappa shape index (κ3) is 3.38. The molecule has 0 saturated heterocycles. The minimum atomic E-state index is 0.727. The Morgan fingerprint density at radius 2 is 1.76 bits per heavy atom. The molecule has 2 aromatic heterocycles. The van der Waals surface area contributed by atoms with Crippen molar-refractivity contribution in [1.82, 2.24) is 9.97 Å². The van der Waals surface area contributed by atoms with Crippen LogP contribution in [0.3, 0.4) is 0 Å². The Labute approximate surface area is 172 Å². The van der Waals surface area contributed by atoms with Crippen molar-refractivity contribution in [2.45, 2.75) is 40.0 Å². The summed E-state index contributed by atoms with van der Waals surface area (Å²) in [6.45, 7) is 7.11. The van der Waals surface area contributed by atoms with Gasteiger partial charge in [0.25, 0.3) is 0 Å². The van der Waals surface area contributed by atoms with Crippen molar-refractivity contribution in [1.29, 1.82) is 0 Å². The van der Waals surface area contributed by atoms with Gasteiger partial charge in [-0.15, -0.1) is 0 Å². The molecule has 3 N–H and O–H groups in total. The maximum atomic E-state index is 5.77. The zero-order chi connectivity index (χ0) is 20.5. The number of nitrogens with one attached hydrogen (secondary N) is 1. The number of methoxy groups -OCH3 is 1. The molecule has 0 amide bonds. The Kier molecular flexibility index (Phi) is 5.29. The highest BCUT2D eigenvalue weighted by Crippen LogP contribution is 2.39. The lowest BCUT2D eigenvalue weighted by atomic mass is 9.95. The molecule has 0 aliphatic heterocycles. The number of aromatic nitrogens is 2. The smallest absolute Gasteiger partial charge is 0.145 e. The maximum Gasteiger partial charge on any atom is 0.145 e. The molecule has 29 heavy (non-hydrogen) atoms. The van der Waals surface area contributed by atoms with Gasteiger partial charge in [0.15, 0.2) is 0 Å². The minimum Gasteiger partial charge on any atom is -0.494 e. The first-order valence-electron chi connectivity index (χ1n) is 10.3. The van der Waals surface area contributed by atoms with Gasteiger partial charge in [0.05, 0.1) is 12.8 Å². The van der Waals surface area contributed by atoms with E-state index < -0.39 is 0 Å². The number of nitrogens with two attached hydrogens (primary N) is 1. The third-order valence-corrected chi connectivity index (χ3v) is 5.81. The predicted molar refractivity (Wildman–Crippen MR) is 122 cm³/mol. The Hall–Kier alpha value is -2.85. The standard InChI is InChI=1S/C25H29N3O/c1-15-8-9-16(2)23-22(15)20(7-5-6-14-26)24(28-23)18-12-13-21(29-4)25-19(18)11-10-17(3)27-25/h8-13,28H,5-7,14,26H2,1-4H3. The van der Waals surface area contributed by atoms with Crippen LogP contribution in [0.2, 0.25) is 0 Å². The molecule has 0 unspecified atom stereocenters. The Bertz CT molecular complexity index is 1190. The molecule has 0 radical (unpaired) electrons. The van der Waals surface area contributed by atoms with Crippen LogP contribution >= 0.6 is 0 Å². The van der Waals surface area contributed by atoms with Crippen molar-refractivity contribution in [2.75, 3.05) is 13.7 Å². The Morgan fingerprint density at radius 1 is 0.966 bits per heavy atom. The number of hydrogen-bond donors (Lipinski definition) is 2.